The van der Waals surface area contributed by atoms with E-state index in [1.807, 2.05) is 79.0 Å². The zero-order valence-corrected chi connectivity index (χ0v) is 21.2. The minimum absolute atomic E-state index is 0.0729. The molecule has 1 N–H and O–H groups in total. The quantitative estimate of drug-likeness (QED) is 0.250. The third-order valence-electron chi connectivity index (χ3n) is 6.58. The van der Waals surface area contributed by atoms with Crippen molar-refractivity contribution in [2.24, 2.45) is 0 Å². The van der Waals surface area contributed by atoms with Gasteiger partial charge < -0.3 is 19.5 Å². The molecule has 1 aliphatic heterocycles. The molecule has 5 nitrogen and oxygen atoms in total. The molecular weight excluding hydrogens is 476 g/mol. The summed E-state index contributed by atoms with van der Waals surface area (Å²) < 4.78 is 8.19. The van der Waals surface area contributed by atoms with Gasteiger partial charge >= 0.3 is 0 Å². The molecule has 0 bridgehead atoms. The number of nitrogens with zero attached hydrogens (tertiary/aromatic N) is 3. The zero-order chi connectivity index (χ0) is 25.2. The van der Waals surface area contributed by atoms with Gasteiger partial charge in [-0.1, -0.05) is 42.0 Å². The number of aromatic nitrogens is 2. The van der Waals surface area contributed by atoms with E-state index in [1.54, 1.807) is 0 Å². The summed E-state index contributed by atoms with van der Waals surface area (Å²) >= 11 is 5.88. The number of benzene rings is 3. The Hall–Kier alpha value is -4.42. The van der Waals surface area contributed by atoms with Gasteiger partial charge in [-0.25, -0.2) is 0 Å². The van der Waals surface area contributed by atoms with Gasteiger partial charge in [-0.05, 0) is 91.4 Å². The highest BCUT2D eigenvalue weighted by atomic mass is 32.1. The Morgan fingerprint density at radius 2 is 1.49 bits per heavy atom. The maximum absolute atomic E-state index is 6.05. The van der Waals surface area contributed by atoms with Crippen molar-refractivity contribution < 1.29 is 4.74 Å². The van der Waals surface area contributed by atoms with Crippen LogP contribution in [-0.4, -0.2) is 14.7 Å². The molecule has 1 saturated heterocycles. The summed E-state index contributed by atoms with van der Waals surface area (Å²) in [5, 5.41) is 4.20. The van der Waals surface area contributed by atoms with Crippen molar-refractivity contribution in [3.63, 3.8) is 0 Å². The SMILES string of the molecule is Cc1ccc(Oc2ccc(N3C(=S)NC(c4ccccn4)C3c3ccn(-c4ccccc4)c3)cc2)cc1. The summed E-state index contributed by atoms with van der Waals surface area (Å²) in [6.45, 7) is 2.06. The maximum Gasteiger partial charge on any atom is 0.174 e. The molecule has 2 unspecified atom stereocenters. The Labute approximate surface area is 222 Å². The predicted octanol–water partition coefficient (Wildman–Crippen LogP) is 7.15. The average Bonchev–Trinajstić information content (AvgIpc) is 3.56. The lowest BCUT2D eigenvalue weighted by atomic mass is 9.98. The maximum atomic E-state index is 6.05. The molecule has 37 heavy (non-hydrogen) atoms. The molecular formula is C31H26N4OS. The number of anilines is 1. The Bertz CT molecular complexity index is 1500. The molecule has 2 atom stereocenters. The second kappa shape index (κ2) is 9.91. The number of hydrogen-bond donors (Lipinski definition) is 1. The van der Waals surface area contributed by atoms with E-state index in [0.717, 1.165) is 34.1 Å². The molecule has 3 aromatic carbocycles. The lowest BCUT2D eigenvalue weighted by Gasteiger charge is -2.27. The average molecular weight is 503 g/mol. The van der Waals surface area contributed by atoms with Crippen LogP contribution in [0, 0.1) is 6.92 Å². The third kappa shape index (κ3) is 4.71. The monoisotopic (exact) mass is 502 g/mol. The molecule has 182 valence electrons. The van der Waals surface area contributed by atoms with Crippen LogP contribution in [0.15, 0.2) is 122 Å². The van der Waals surface area contributed by atoms with Crippen molar-refractivity contribution in [2.45, 2.75) is 19.0 Å². The van der Waals surface area contributed by atoms with Gasteiger partial charge in [0.05, 0.1) is 17.8 Å². The highest BCUT2D eigenvalue weighted by Crippen LogP contribution is 2.42. The Balaban J connectivity index is 1.34. The van der Waals surface area contributed by atoms with Gasteiger partial charge in [0.1, 0.15) is 11.5 Å². The summed E-state index contributed by atoms with van der Waals surface area (Å²) in [6, 6.07) is 34.4. The summed E-state index contributed by atoms with van der Waals surface area (Å²) in [5.41, 5.74) is 5.40. The van der Waals surface area contributed by atoms with E-state index in [2.05, 4.69) is 69.4 Å². The van der Waals surface area contributed by atoms with Gasteiger partial charge in [0.2, 0.25) is 0 Å². The molecule has 1 fully saturated rings. The van der Waals surface area contributed by atoms with Crippen LogP contribution in [0.4, 0.5) is 5.69 Å². The van der Waals surface area contributed by atoms with Crippen molar-refractivity contribution >= 4 is 23.0 Å². The van der Waals surface area contributed by atoms with Gasteiger partial charge in [0.25, 0.3) is 0 Å². The van der Waals surface area contributed by atoms with Crippen molar-refractivity contribution in [3.05, 3.63) is 139 Å². The van der Waals surface area contributed by atoms with E-state index < -0.39 is 0 Å². The second-order valence-corrected chi connectivity index (χ2v) is 9.48. The molecule has 5 aromatic rings. The topological polar surface area (TPSA) is 42.3 Å². The van der Waals surface area contributed by atoms with Gasteiger partial charge in [-0.3, -0.25) is 4.98 Å². The van der Waals surface area contributed by atoms with E-state index in [1.165, 1.54) is 5.56 Å². The fourth-order valence-corrected chi connectivity index (χ4v) is 5.08. The number of ether oxygens (including phenoxy) is 1. The van der Waals surface area contributed by atoms with Crippen LogP contribution in [0.3, 0.4) is 0 Å². The molecule has 2 aromatic heterocycles. The molecule has 0 aliphatic carbocycles. The molecule has 6 heteroatoms. The van der Waals surface area contributed by atoms with Crippen LogP contribution in [-0.2, 0) is 0 Å². The zero-order valence-electron chi connectivity index (χ0n) is 20.4. The first-order valence-corrected chi connectivity index (χ1v) is 12.6. The van der Waals surface area contributed by atoms with Crippen LogP contribution in [0.2, 0.25) is 0 Å². The lowest BCUT2D eigenvalue weighted by Crippen LogP contribution is -2.29. The largest absolute Gasteiger partial charge is 0.457 e. The first kappa shape index (κ1) is 23.0. The normalized spacial score (nSPS) is 17.0. The van der Waals surface area contributed by atoms with E-state index in [-0.39, 0.29) is 12.1 Å². The summed E-state index contributed by atoms with van der Waals surface area (Å²) in [4.78, 5) is 6.83. The first-order valence-electron chi connectivity index (χ1n) is 12.2. The van der Waals surface area contributed by atoms with Gasteiger partial charge in [-0.15, -0.1) is 0 Å². The number of nitrogens with one attached hydrogen (secondary N) is 1. The lowest BCUT2D eigenvalue weighted by molar-refractivity contribution is 0.482. The fourth-order valence-electron chi connectivity index (χ4n) is 4.74. The standard InChI is InChI=1S/C31H26N4OS/c1-22-10-14-26(15-11-22)36-27-16-12-25(13-17-27)35-30(29(33-31(35)37)28-9-5-6-19-32-28)23-18-20-34(21-23)24-7-3-2-4-8-24/h2-21,29-30H,1H3,(H,33,37). The smallest absolute Gasteiger partial charge is 0.174 e. The number of pyridine rings is 1. The summed E-state index contributed by atoms with van der Waals surface area (Å²) in [7, 11) is 0. The van der Waals surface area contributed by atoms with Crippen molar-refractivity contribution in [3.8, 4) is 17.2 Å². The minimum atomic E-state index is -0.0937. The second-order valence-electron chi connectivity index (χ2n) is 9.09. The molecule has 0 radical (unpaired) electrons. The Kier molecular flexibility index (Phi) is 6.16. The molecule has 0 saturated carbocycles. The van der Waals surface area contributed by atoms with Crippen LogP contribution in [0.1, 0.15) is 28.9 Å². The van der Waals surface area contributed by atoms with Gasteiger partial charge in [-0.2, -0.15) is 0 Å². The van der Waals surface area contributed by atoms with Crippen LogP contribution in [0.5, 0.6) is 11.5 Å². The molecule has 1 aliphatic rings. The number of thiocarbonyl (C=S) groups is 1. The van der Waals surface area contributed by atoms with Crippen LogP contribution < -0.4 is 15.0 Å². The third-order valence-corrected chi connectivity index (χ3v) is 6.90. The number of para-hydroxylation sites is 1. The van der Waals surface area contributed by atoms with Crippen LogP contribution in [0.25, 0.3) is 5.69 Å². The number of hydrogen-bond acceptors (Lipinski definition) is 3. The summed E-state index contributed by atoms with van der Waals surface area (Å²) in [5.74, 6) is 1.59. The molecule has 3 heterocycles. The van der Waals surface area contributed by atoms with Crippen molar-refractivity contribution in [1.82, 2.24) is 14.9 Å². The number of rotatable bonds is 6. The highest BCUT2D eigenvalue weighted by molar-refractivity contribution is 7.80. The van der Waals surface area contributed by atoms with Crippen LogP contribution >= 0.6 is 12.2 Å². The van der Waals surface area contributed by atoms with Crippen molar-refractivity contribution in [2.75, 3.05) is 4.90 Å². The molecule has 0 spiro atoms. The van der Waals surface area contributed by atoms with E-state index in [0.29, 0.717) is 5.11 Å². The van der Waals surface area contributed by atoms with E-state index in [4.69, 9.17) is 17.0 Å². The van der Waals surface area contributed by atoms with E-state index >= 15 is 0 Å². The van der Waals surface area contributed by atoms with Crippen molar-refractivity contribution in [1.29, 1.82) is 0 Å². The highest BCUT2D eigenvalue weighted by Gasteiger charge is 2.41. The van der Waals surface area contributed by atoms with E-state index in [9.17, 15) is 0 Å². The molecule has 6 rings (SSSR count). The predicted molar refractivity (Wildman–Crippen MR) is 151 cm³/mol. The molecule has 0 amide bonds. The Morgan fingerprint density at radius 1 is 0.784 bits per heavy atom. The van der Waals surface area contributed by atoms with Gasteiger partial charge in [0, 0.05) is 30.0 Å². The fraction of sp³-hybridized carbons (Fsp3) is 0.0968. The summed E-state index contributed by atoms with van der Waals surface area (Å²) in [6.07, 6.45) is 6.10. The Morgan fingerprint density at radius 3 is 2.19 bits per heavy atom. The van der Waals surface area contributed by atoms with Gasteiger partial charge in [0.15, 0.2) is 5.11 Å². The minimum Gasteiger partial charge on any atom is -0.457 e. The first-order chi connectivity index (χ1) is 18.2. The number of aryl methyl sites for hydroxylation is 1.